The largest absolute Gasteiger partial charge is 0.508 e. The lowest BCUT2D eigenvalue weighted by Crippen LogP contribution is -2.05. The van der Waals surface area contributed by atoms with E-state index in [0.29, 0.717) is 16.9 Å². The van der Waals surface area contributed by atoms with Gasteiger partial charge < -0.3 is 9.84 Å². The van der Waals surface area contributed by atoms with Crippen LogP contribution in [0.25, 0.3) is 11.1 Å². The molecule has 0 amide bonds. The lowest BCUT2D eigenvalue weighted by molar-refractivity contribution is -0.131. The molecule has 3 aromatic rings. The van der Waals surface area contributed by atoms with Crippen LogP contribution in [0.1, 0.15) is 28.4 Å². The third-order valence-electron chi connectivity index (χ3n) is 3.99. The zero-order valence-electron chi connectivity index (χ0n) is 14.5. The maximum absolute atomic E-state index is 13.0. The van der Waals surface area contributed by atoms with Gasteiger partial charge in [-0.25, -0.2) is 0 Å². The molecule has 4 heteroatoms. The molecule has 4 nitrogen and oxygen atoms in total. The molecule has 0 fully saturated rings. The summed E-state index contributed by atoms with van der Waals surface area (Å²) in [6.07, 6.45) is 0. The van der Waals surface area contributed by atoms with E-state index in [9.17, 15) is 14.7 Å². The summed E-state index contributed by atoms with van der Waals surface area (Å²) in [5, 5.41) is 9.86. The fourth-order valence-electron chi connectivity index (χ4n) is 2.70. The van der Waals surface area contributed by atoms with E-state index in [4.69, 9.17) is 4.74 Å². The van der Waals surface area contributed by atoms with E-state index in [1.54, 1.807) is 36.4 Å². The summed E-state index contributed by atoms with van der Waals surface area (Å²) in [5.74, 6) is -0.228. The molecule has 26 heavy (non-hydrogen) atoms. The smallest absolute Gasteiger partial charge is 0.308 e. The molecule has 0 spiro atoms. The SMILES string of the molecule is CC(=O)Oc1ccc(C(=O)c2cc(O)ccc2-c2ccc(C)cc2)cc1. The van der Waals surface area contributed by atoms with Gasteiger partial charge in [-0.05, 0) is 60.5 Å². The maximum Gasteiger partial charge on any atom is 0.308 e. The Balaban J connectivity index is 2.00. The highest BCUT2D eigenvalue weighted by molar-refractivity contribution is 6.13. The first-order valence-electron chi connectivity index (χ1n) is 8.17. The number of rotatable bonds is 4. The Hall–Kier alpha value is -3.40. The molecule has 0 aliphatic rings. The molecule has 3 rings (SSSR count). The third kappa shape index (κ3) is 3.81. The van der Waals surface area contributed by atoms with E-state index in [-0.39, 0.29) is 11.5 Å². The van der Waals surface area contributed by atoms with E-state index in [1.807, 2.05) is 31.2 Å². The summed E-state index contributed by atoms with van der Waals surface area (Å²) >= 11 is 0. The first-order valence-corrected chi connectivity index (χ1v) is 8.17. The van der Waals surface area contributed by atoms with Crippen LogP contribution >= 0.6 is 0 Å². The first kappa shape index (κ1) is 17.4. The van der Waals surface area contributed by atoms with Gasteiger partial charge >= 0.3 is 5.97 Å². The van der Waals surface area contributed by atoms with Crippen LogP contribution in [-0.4, -0.2) is 16.9 Å². The number of esters is 1. The van der Waals surface area contributed by atoms with Crippen molar-refractivity contribution < 1.29 is 19.4 Å². The Kier molecular flexibility index (Phi) is 4.85. The zero-order chi connectivity index (χ0) is 18.7. The van der Waals surface area contributed by atoms with Crippen LogP contribution in [0, 0.1) is 6.92 Å². The number of ether oxygens (including phenoxy) is 1. The normalized spacial score (nSPS) is 10.4. The van der Waals surface area contributed by atoms with Crippen molar-refractivity contribution in [2.24, 2.45) is 0 Å². The number of ketones is 1. The van der Waals surface area contributed by atoms with Crippen molar-refractivity contribution in [3.63, 3.8) is 0 Å². The van der Waals surface area contributed by atoms with Crippen LogP contribution in [0.2, 0.25) is 0 Å². The second kappa shape index (κ2) is 7.23. The van der Waals surface area contributed by atoms with Crippen molar-refractivity contribution in [2.45, 2.75) is 13.8 Å². The van der Waals surface area contributed by atoms with Crippen molar-refractivity contribution in [1.29, 1.82) is 0 Å². The Bertz CT molecular complexity index is 954. The number of phenols is 1. The molecule has 0 aromatic heterocycles. The number of aromatic hydroxyl groups is 1. The van der Waals surface area contributed by atoms with Crippen LogP contribution < -0.4 is 4.74 Å². The molecule has 0 aliphatic heterocycles. The minimum atomic E-state index is -0.418. The Morgan fingerprint density at radius 1 is 0.885 bits per heavy atom. The quantitative estimate of drug-likeness (QED) is 0.428. The molecule has 0 bridgehead atoms. The lowest BCUT2D eigenvalue weighted by atomic mass is 9.93. The number of benzene rings is 3. The molecule has 0 heterocycles. The standard InChI is InChI=1S/C22H18O4/c1-14-3-5-16(6-4-14)20-12-9-18(24)13-21(20)22(25)17-7-10-19(11-8-17)26-15(2)23/h3-13,24H,1-2H3. The fourth-order valence-corrected chi connectivity index (χ4v) is 2.70. The highest BCUT2D eigenvalue weighted by Crippen LogP contribution is 2.29. The first-order chi connectivity index (χ1) is 12.4. The van der Waals surface area contributed by atoms with E-state index in [0.717, 1.165) is 16.7 Å². The van der Waals surface area contributed by atoms with Gasteiger partial charge in [0.25, 0.3) is 0 Å². The molecule has 0 atom stereocenters. The maximum atomic E-state index is 13.0. The molecule has 0 saturated carbocycles. The molecule has 130 valence electrons. The van der Waals surface area contributed by atoms with Crippen molar-refractivity contribution in [2.75, 3.05) is 0 Å². The topological polar surface area (TPSA) is 63.6 Å². The number of hydrogen-bond donors (Lipinski definition) is 1. The molecule has 0 aliphatic carbocycles. The summed E-state index contributed by atoms with van der Waals surface area (Å²) in [7, 11) is 0. The van der Waals surface area contributed by atoms with Gasteiger partial charge in [0.2, 0.25) is 0 Å². The van der Waals surface area contributed by atoms with Crippen molar-refractivity contribution >= 4 is 11.8 Å². The van der Waals surface area contributed by atoms with Crippen molar-refractivity contribution in [3.8, 4) is 22.6 Å². The average molecular weight is 346 g/mol. The molecule has 0 saturated heterocycles. The lowest BCUT2D eigenvalue weighted by Gasteiger charge is -2.11. The van der Waals surface area contributed by atoms with Crippen molar-refractivity contribution in [3.05, 3.63) is 83.4 Å². The van der Waals surface area contributed by atoms with Crippen LogP contribution in [-0.2, 0) is 4.79 Å². The van der Waals surface area contributed by atoms with Crippen LogP contribution in [0.5, 0.6) is 11.5 Å². The fraction of sp³-hybridized carbons (Fsp3) is 0.0909. The predicted octanol–water partition coefficient (Wildman–Crippen LogP) is 4.52. The van der Waals surface area contributed by atoms with Crippen LogP contribution in [0.4, 0.5) is 0 Å². The number of aryl methyl sites for hydroxylation is 1. The molecule has 1 N–H and O–H groups in total. The van der Waals surface area contributed by atoms with Gasteiger partial charge in [-0.3, -0.25) is 9.59 Å². The molecule has 0 radical (unpaired) electrons. The summed E-state index contributed by atoms with van der Waals surface area (Å²) in [6.45, 7) is 3.32. The van der Waals surface area contributed by atoms with E-state index in [2.05, 4.69) is 0 Å². The van der Waals surface area contributed by atoms with Crippen molar-refractivity contribution in [1.82, 2.24) is 0 Å². The summed E-state index contributed by atoms with van der Waals surface area (Å²) < 4.78 is 4.99. The summed E-state index contributed by atoms with van der Waals surface area (Å²) in [6, 6.07) is 19.0. The van der Waals surface area contributed by atoms with Gasteiger partial charge in [-0.2, -0.15) is 0 Å². The molecular weight excluding hydrogens is 328 g/mol. The summed E-state index contributed by atoms with van der Waals surface area (Å²) in [5.41, 5.74) is 3.63. The van der Waals surface area contributed by atoms with Crippen LogP contribution in [0.3, 0.4) is 0 Å². The van der Waals surface area contributed by atoms with E-state index in [1.165, 1.54) is 13.0 Å². The zero-order valence-corrected chi connectivity index (χ0v) is 14.5. The monoisotopic (exact) mass is 346 g/mol. The second-order valence-corrected chi connectivity index (χ2v) is 6.04. The number of phenolic OH excluding ortho intramolecular Hbond substituents is 1. The highest BCUT2D eigenvalue weighted by Gasteiger charge is 2.16. The van der Waals surface area contributed by atoms with Gasteiger partial charge in [-0.15, -0.1) is 0 Å². The molecule has 3 aromatic carbocycles. The number of hydrogen-bond acceptors (Lipinski definition) is 4. The number of carbonyl (C=O) groups is 2. The minimum absolute atomic E-state index is 0.0285. The van der Waals surface area contributed by atoms with Crippen LogP contribution in [0.15, 0.2) is 66.7 Å². The number of carbonyl (C=O) groups excluding carboxylic acids is 2. The van der Waals surface area contributed by atoms with Gasteiger partial charge in [0.15, 0.2) is 5.78 Å². The highest BCUT2D eigenvalue weighted by atomic mass is 16.5. The molecule has 0 unspecified atom stereocenters. The predicted molar refractivity (Wildman–Crippen MR) is 99.5 cm³/mol. The van der Waals surface area contributed by atoms with Gasteiger partial charge in [-0.1, -0.05) is 29.8 Å². The van der Waals surface area contributed by atoms with E-state index >= 15 is 0 Å². The third-order valence-corrected chi connectivity index (χ3v) is 3.99. The Morgan fingerprint density at radius 2 is 1.54 bits per heavy atom. The average Bonchev–Trinajstić information content (AvgIpc) is 2.62. The minimum Gasteiger partial charge on any atom is -0.508 e. The van der Waals surface area contributed by atoms with Gasteiger partial charge in [0.1, 0.15) is 11.5 Å². The molecular formula is C22H18O4. The summed E-state index contributed by atoms with van der Waals surface area (Å²) in [4.78, 5) is 24.0. The Morgan fingerprint density at radius 3 is 2.15 bits per heavy atom. The second-order valence-electron chi connectivity index (χ2n) is 6.04. The van der Waals surface area contributed by atoms with Gasteiger partial charge in [0, 0.05) is 18.1 Å². The van der Waals surface area contributed by atoms with Gasteiger partial charge in [0.05, 0.1) is 0 Å². The Labute approximate surface area is 151 Å². The van der Waals surface area contributed by atoms with E-state index < -0.39 is 5.97 Å².